The van der Waals surface area contributed by atoms with Gasteiger partial charge >= 0.3 is 6.11 Å². The number of nitrogens with one attached hydrogen (secondary N) is 1. The summed E-state index contributed by atoms with van der Waals surface area (Å²) in [6.45, 7) is 7.48. The Morgan fingerprint density at radius 1 is 1.15 bits per heavy atom. The van der Waals surface area contributed by atoms with Crippen LogP contribution in [0.5, 0.6) is 0 Å². The van der Waals surface area contributed by atoms with Crippen LogP contribution in [0.1, 0.15) is 42.6 Å². The molecule has 0 bridgehead atoms. The molecule has 6 rings (SSSR count). The number of carbonyl (C=O) groups excluding carboxylic acids is 1. The smallest absolute Gasteiger partial charge is 0.380 e. The minimum absolute atomic E-state index is 0.00583. The third-order valence-electron chi connectivity index (χ3n) is 7.63. The van der Waals surface area contributed by atoms with Crippen LogP contribution in [0.2, 0.25) is 0 Å². The molecular formula is C28H32F2N6O3. The summed E-state index contributed by atoms with van der Waals surface area (Å²) in [5.74, 6) is 0.696. The van der Waals surface area contributed by atoms with Crippen molar-refractivity contribution < 1.29 is 23.0 Å². The summed E-state index contributed by atoms with van der Waals surface area (Å²) < 4.78 is 39.4. The first-order valence-electron chi connectivity index (χ1n) is 13.5. The number of ether oxygens (including phenoxy) is 2. The van der Waals surface area contributed by atoms with E-state index in [1.165, 1.54) is 12.1 Å². The molecule has 0 radical (unpaired) electrons. The van der Waals surface area contributed by atoms with Crippen LogP contribution in [0.25, 0.3) is 10.9 Å². The Hall–Kier alpha value is -3.44. The van der Waals surface area contributed by atoms with Gasteiger partial charge in [0.1, 0.15) is 0 Å². The normalized spacial score (nSPS) is 19.2. The van der Waals surface area contributed by atoms with Gasteiger partial charge in [-0.25, -0.2) is 0 Å². The number of alkyl halides is 2. The zero-order valence-corrected chi connectivity index (χ0v) is 22.1. The highest BCUT2D eigenvalue weighted by atomic mass is 19.3. The van der Waals surface area contributed by atoms with E-state index in [4.69, 9.17) is 9.47 Å². The number of halogens is 2. The number of piperazine rings is 1. The lowest BCUT2D eigenvalue weighted by Crippen LogP contribution is -2.53. The number of nitrogens with zero attached hydrogens (tertiary/aromatic N) is 5. The molecule has 2 aliphatic heterocycles. The highest BCUT2D eigenvalue weighted by molar-refractivity contribution is 5.92. The number of amides is 1. The molecule has 39 heavy (non-hydrogen) atoms. The Balaban J connectivity index is 1.20. The summed E-state index contributed by atoms with van der Waals surface area (Å²) in [6.07, 6.45) is -0.520. The van der Waals surface area contributed by atoms with Crippen molar-refractivity contribution in [2.45, 2.75) is 44.9 Å². The lowest BCUT2D eigenvalue weighted by molar-refractivity contribution is -0.255. The Labute approximate surface area is 225 Å². The summed E-state index contributed by atoms with van der Waals surface area (Å²) >= 11 is 0. The van der Waals surface area contributed by atoms with Crippen molar-refractivity contribution in [1.82, 2.24) is 20.1 Å². The van der Waals surface area contributed by atoms with Crippen molar-refractivity contribution in [3.8, 4) is 0 Å². The standard InChI is InChI=1S/C28H32F2N6O3/c1-17(19-4-3-5-21(12-19)28(29,30)39-23-6-7-23)32-26-24-13-22(14-31-25(24)18(2)33-34-26)35-8-10-36(11-9-35)27(37)20-15-38-16-20/h3-5,12-14,17,20,23H,6-11,15-16H2,1-2H3,(H,32,34)/t17-/m1/s1. The fourth-order valence-electron chi connectivity index (χ4n) is 4.99. The molecular weight excluding hydrogens is 506 g/mol. The Morgan fingerprint density at radius 2 is 1.92 bits per heavy atom. The minimum Gasteiger partial charge on any atom is -0.380 e. The molecule has 9 nitrogen and oxygen atoms in total. The van der Waals surface area contributed by atoms with E-state index in [0.717, 1.165) is 16.6 Å². The predicted molar refractivity (Wildman–Crippen MR) is 142 cm³/mol. The van der Waals surface area contributed by atoms with E-state index >= 15 is 0 Å². The molecule has 4 heterocycles. The molecule has 1 amide bonds. The first kappa shape index (κ1) is 25.8. The van der Waals surface area contributed by atoms with Gasteiger partial charge in [-0.2, -0.15) is 13.9 Å². The molecule has 0 spiro atoms. The Morgan fingerprint density at radius 3 is 2.62 bits per heavy atom. The second-order valence-electron chi connectivity index (χ2n) is 10.6. The van der Waals surface area contributed by atoms with E-state index < -0.39 is 6.11 Å². The number of pyridine rings is 1. The average molecular weight is 539 g/mol. The molecule has 0 unspecified atom stereocenters. The van der Waals surface area contributed by atoms with Crippen molar-refractivity contribution in [2.75, 3.05) is 49.6 Å². The third kappa shape index (κ3) is 5.38. The summed E-state index contributed by atoms with van der Waals surface area (Å²) in [6, 6.07) is 8.00. The molecule has 3 aromatic rings. The fourth-order valence-corrected chi connectivity index (χ4v) is 4.99. The quantitative estimate of drug-likeness (QED) is 0.460. The highest BCUT2D eigenvalue weighted by Gasteiger charge is 2.40. The predicted octanol–water partition coefficient (Wildman–Crippen LogP) is 4.03. The first-order chi connectivity index (χ1) is 18.8. The second kappa shape index (κ2) is 10.3. The van der Waals surface area contributed by atoms with Gasteiger partial charge in [-0.3, -0.25) is 9.78 Å². The van der Waals surface area contributed by atoms with E-state index in [1.807, 2.05) is 31.0 Å². The van der Waals surface area contributed by atoms with Crippen LogP contribution in [0.3, 0.4) is 0 Å². The van der Waals surface area contributed by atoms with Gasteiger partial charge < -0.3 is 24.6 Å². The van der Waals surface area contributed by atoms with Crippen molar-refractivity contribution in [3.05, 3.63) is 53.3 Å². The van der Waals surface area contributed by atoms with Crippen LogP contribution < -0.4 is 10.2 Å². The van der Waals surface area contributed by atoms with Gasteiger partial charge in [0, 0.05) is 31.6 Å². The molecule has 11 heteroatoms. The van der Waals surface area contributed by atoms with Gasteiger partial charge in [0.15, 0.2) is 5.82 Å². The van der Waals surface area contributed by atoms with Crippen LogP contribution in [0.4, 0.5) is 20.3 Å². The maximum atomic E-state index is 14.6. The zero-order valence-electron chi connectivity index (χ0n) is 22.1. The van der Waals surface area contributed by atoms with E-state index in [2.05, 4.69) is 25.4 Å². The number of hydrogen-bond acceptors (Lipinski definition) is 8. The molecule has 1 saturated carbocycles. The van der Waals surface area contributed by atoms with Gasteiger partial charge in [-0.15, -0.1) is 5.10 Å². The maximum absolute atomic E-state index is 14.6. The van der Waals surface area contributed by atoms with Crippen LogP contribution in [0.15, 0.2) is 36.5 Å². The largest absolute Gasteiger partial charge is 0.383 e. The molecule has 3 fully saturated rings. The Kier molecular flexibility index (Phi) is 6.80. The SMILES string of the molecule is Cc1nnc(N[C@H](C)c2cccc(C(F)(F)OC3CC3)c2)c2cc(N3CCN(C(=O)C4COC4)CC3)cnc12. The lowest BCUT2D eigenvalue weighted by Gasteiger charge is -2.39. The summed E-state index contributed by atoms with van der Waals surface area (Å²) in [5.41, 5.74) is 2.88. The summed E-state index contributed by atoms with van der Waals surface area (Å²) in [5, 5.41) is 12.8. The number of anilines is 2. The number of aryl methyl sites for hydroxylation is 1. The van der Waals surface area contributed by atoms with E-state index in [1.54, 1.807) is 12.1 Å². The topological polar surface area (TPSA) is 92.7 Å². The van der Waals surface area contributed by atoms with Crippen LogP contribution in [-0.4, -0.2) is 71.5 Å². The Bertz CT molecular complexity index is 1370. The lowest BCUT2D eigenvalue weighted by atomic mass is 10.0. The first-order valence-corrected chi connectivity index (χ1v) is 13.5. The molecule has 1 aromatic carbocycles. The van der Waals surface area contributed by atoms with Crippen LogP contribution >= 0.6 is 0 Å². The molecule has 206 valence electrons. The van der Waals surface area contributed by atoms with E-state index in [9.17, 15) is 13.6 Å². The van der Waals surface area contributed by atoms with Gasteiger partial charge in [-0.1, -0.05) is 18.2 Å². The van der Waals surface area contributed by atoms with E-state index in [-0.39, 0.29) is 29.5 Å². The van der Waals surface area contributed by atoms with Gasteiger partial charge in [0.25, 0.3) is 0 Å². The van der Waals surface area contributed by atoms with Crippen molar-refractivity contribution in [3.63, 3.8) is 0 Å². The van der Waals surface area contributed by atoms with Gasteiger partial charge in [0.05, 0.1) is 59.9 Å². The number of fused-ring (bicyclic) bond motifs is 1. The molecule has 2 saturated heterocycles. The van der Waals surface area contributed by atoms with Crippen molar-refractivity contribution in [1.29, 1.82) is 0 Å². The van der Waals surface area contributed by atoms with Crippen LogP contribution in [0, 0.1) is 12.8 Å². The molecule has 1 N–H and O–H groups in total. The zero-order chi connectivity index (χ0) is 27.1. The van der Waals surface area contributed by atoms with E-state index in [0.29, 0.717) is 69.3 Å². The minimum atomic E-state index is -3.33. The number of aromatic nitrogens is 3. The average Bonchev–Trinajstić information content (AvgIpc) is 3.72. The number of benzene rings is 1. The summed E-state index contributed by atoms with van der Waals surface area (Å²) in [4.78, 5) is 21.4. The fraction of sp³-hybridized carbons (Fsp3) is 0.500. The number of carbonyl (C=O) groups is 1. The van der Waals surface area contributed by atoms with Crippen molar-refractivity contribution >= 4 is 28.3 Å². The highest BCUT2D eigenvalue weighted by Crippen LogP contribution is 2.38. The number of rotatable bonds is 8. The summed E-state index contributed by atoms with van der Waals surface area (Å²) in [7, 11) is 0. The molecule has 1 aliphatic carbocycles. The monoisotopic (exact) mass is 538 g/mol. The molecule has 2 aromatic heterocycles. The second-order valence-corrected chi connectivity index (χ2v) is 10.6. The van der Waals surface area contributed by atoms with Gasteiger partial charge in [0.2, 0.25) is 5.91 Å². The maximum Gasteiger partial charge on any atom is 0.383 e. The van der Waals surface area contributed by atoms with Gasteiger partial charge in [-0.05, 0) is 44.4 Å². The van der Waals surface area contributed by atoms with Crippen LogP contribution in [-0.2, 0) is 20.4 Å². The molecule has 3 aliphatic rings. The van der Waals surface area contributed by atoms with Crippen molar-refractivity contribution in [2.24, 2.45) is 5.92 Å². The third-order valence-corrected chi connectivity index (χ3v) is 7.63. The number of hydrogen-bond donors (Lipinski definition) is 1. The molecule has 1 atom stereocenters.